The van der Waals surface area contributed by atoms with Gasteiger partial charge in [-0.05, 0) is 30.1 Å². The van der Waals surface area contributed by atoms with Gasteiger partial charge in [0.25, 0.3) is 0 Å². The Kier molecular flexibility index (Phi) is 6.92. The van der Waals surface area contributed by atoms with Gasteiger partial charge in [0, 0.05) is 10.7 Å². The monoisotopic (exact) mass is 312 g/mol. The van der Waals surface area contributed by atoms with Gasteiger partial charge in [0.05, 0.1) is 0 Å². The van der Waals surface area contributed by atoms with Crippen LogP contribution in [0, 0.1) is 17.3 Å². The molecule has 80 valence electrons. The van der Waals surface area contributed by atoms with Crippen molar-refractivity contribution >= 4 is 31.9 Å². The van der Waals surface area contributed by atoms with Gasteiger partial charge >= 0.3 is 0 Å². The summed E-state index contributed by atoms with van der Waals surface area (Å²) in [5.74, 6) is 1.57. The zero-order valence-corrected chi connectivity index (χ0v) is 12.4. The maximum absolute atomic E-state index is 3.66. The third kappa shape index (κ3) is 5.41. The Morgan fingerprint density at radius 3 is 1.31 bits per heavy atom. The molecule has 0 aromatic heterocycles. The Hall–Kier alpha value is 0.960. The molecule has 0 aliphatic carbocycles. The molecule has 0 saturated carbocycles. The van der Waals surface area contributed by atoms with Gasteiger partial charge in [-0.1, -0.05) is 59.6 Å². The van der Waals surface area contributed by atoms with Gasteiger partial charge in [-0.15, -0.1) is 0 Å². The first-order valence-corrected chi connectivity index (χ1v) is 7.32. The van der Waals surface area contributed by atoms with Crippen LogP contribution in [-0.4, -0.2) is 10.7 Å². The number of rotatable bonds is 6. The van der Waals surface area contributed by atoms with Crippen molar-refractivity contribution in [3.63, 3.8) is 0 Å². The lowest BCUT2D eigenvalue weighted by molar-refractivity contribution is 0.250. The molecule has 13 heavy (non-hydrogen) atoms. The van der Waals surface area contributed by atoms with Crippen LogP contribution in [0.25, 0.3) is 0 Å². The second kappa shape index (κ2) is 6.44. The Balaban J connectivity index is 4.30. The summed E-state index contributed by atoms with van der Waals surface area (Å²) < 4.78 is 0. The Morgan fingerprint density at radius 2 is 1.15 bits per heavy atom. The van der Waals surface area contributed by atoms with E-state index in [1.807, 2.05) is 0 Å². The molecule has 0 N–H and O–H groups in total. The molecule has 0 aliphatic heterocycles. The van der Waals surface area contributed by atoms with E-state index in [9.17, 15) is 0 Å². The van der Waals surface area contributed by atoms with Crippen molar-refractivity contribution in [1.29, 1.82) is 0 Å². The molecule has 0 aromatic carbocycles. The summed E-state index contributed by atoms with van der Waals surface area (Å²) in [5.41, 5.74) is 0.461. The predicted molar refractivity (Wildman–Crippen MR) is 68.9 cm³/mol. The fraction of sp³-hybridized carbons (Fsp3) is 1.00. The smallest absolute Gasteiger partial charge is 0.00961 e. The Bertz CT molecular complexity index is 114. The van der Waals surface area contributed by atoms with Gasteiger partial charge in [-0.25, -0.2) is 0 Å². The first kappa shape index (κ1) is 14.0. The molecule has 0 fully saturated rings. The van der Waals surface area contributed by atoms with Crippen molar-refractivity contribution in [3.05, 3.63) is 0 Å². The van der Waals surface area contributed by atoms with Crippen LogP contribution in [0.2, 0.25) is 0 Å². The number of hydrogen-bond acceptors (Lipinski definition) is 0. The summed E-state index contributed by atoms with van der Waals surface area (Å²) in [5, 5.41) is 2.23. The highest BCUT2D eigenvalue weighted by atomic mass is 79.9. The average Bonchev–Trinajstić information content (AvgIpc) is 2.01. The third-order valence-electron chi connectivity index (χ3n) is 2.25. The molecule has 0 bridgehead atoms. The molecule has 0 radical (unpaired) electrons. The normalized spacial score (nSPS) is 12.9. The molecular weight excluding hydrogens is 292 g/mol. The van der Waals surface area contributed by atoms with Gasteiger partial charge in [-0.3, -0.25) is 0 Å². The van der Waals surface area contributed by atoms with Crippen LogP contribution in [0.3, 0.4) is 0 Å². The maximum atomic E-state index is 3.66. The minimum Gasteiger partial charge on any atom is -0.0922 e. The lowest BCUT2D eigenvalue weighted by Crippen LogP contribution is -2.28. The van der Waals surface area contributed by atoms with E-state index in [4.69, 9.17) is 0 Å². The van der Waals surface area contributed by atoms with Crippen molar-refractivity contribution in [2.45, 2.75) is 40.5 Å². The highest BCUT2D eigenvalue weighted by Gasteiger charge is 2.29. The van der Waals surface area contributed by atoms with Crippen LogP contribution in [0.4, 0.5) is 0 Å². The standard InChI is InChI=1S/C11H22Br2/c1-9(2)5-11(7-12,8-13)6-10(3)4/h9-10H,5-8H2,1-4H3. The summed E-state index contributed by atoms with van der Waals surface area (Å²) in [4.78, 5) is 0. The second-order valence-electron chi connectivity index (χ2n) is 4.96. The van der Waals surface area contributed by atoms with Crippen molar-refractivity contribution in [2.75, 3.05) is 10.7 Å². The van der Waals surface area contributed by atoms with Gasteiger partial charge in [-0.2, -0.15) is 0 Å². The number of alkyl halides is 2. The summed E-state index contributed by atoms with van der Waals surface area (Å²) in [7, 11) is 0. The lowest BCUT2D eigenvalue weighted by Gasteiger charge is -2.33. The average molecular weight is 314 g/mol. The van der Waals surface area contributed by atoms with Crippen molar-refractivity contribution in [1.82, 2.24) is 0 Å². The summed E-state index contributed by atoms with van der Waals surface area (Å²) in [6, 6.07) is 0. The van der Waals surface area contributed by atoms with Crippen LogP contribution in [-0.2, 0) is 0 Å². The highest BCUT2D eigenvalue weighted by Crippen LogP contribution is 2.37. The minimum absolute atomic E-state index is 0.461. The number of halogens is 2. The quantitative estimate of drug-likeness (QED) is 0.615. The molecule has 2 heteroatoms. The van der Waals surface area contributed by atoms with Crippen LogP contribution in [0.5, 0.6) is 0 Å². The SMILES string of the molecule is CC(C)CC(CBr)(CBr)CC(C)C. The summed E-state index contributed by atoms with van der Waals surface area (Å²) in [6.07, 6.45) is 2.61. The fourth-order valence-electron chi connectivity index (χ4n) is 2.07. The first-order valence-electron chi connectivity index (χ1n) is 5.07. The Labute approximate surface area is 100 Å². The lowest BCUT2D eigenvalue weighted by atomic mass is 9.77. The van der Waals surface area contributed by atoms with Crippen molar-refractivity contribution in [2.24, 2.45) is 17.3 Å². The van der Waals surface area contributed by atoms with E-state index in [1.165, 1.54) is 12.8 Å². The van der Waals surface area contributed by atoms with E-state index in [0.29, 0.717) is 5.41 Å². The zero-order valence-electron chi connectivity index (χ0n) is 9.24. The molecule has 0 aromatic rings. The van der Waals surface area contributed by atoms with E-state index >= 15 is 0 Å². The molecule has 0 spiro atoms. The van der Waals surface area contributed by atoms with E-state index in [0.717, 1.165) is 22.5 Å². The molecule has 0 aliphatic rings. The van der Waals surface area contributed by atoms with E-state index in [-0.39, 0.29) is 0 Å². The van der Waals surface area contributed by atoms with E-state index < -0.39 is 0 Å². The largest absolute Gasteiger partial charge is 0.0922 e. The van der Waals surface area contributed by atoms with E-state index in [2.05, 4.69) is 59.6 Å². The van der Waals surface area contributed by atoms with Crippen LogP contribution < -0.4 is 0 Å². The Morgan fingerprint density at radius 1 is 0.846 bits per heavy atom. The molecular formula is C11H22Br2. The minimum atomic E-state index is 0.461. The number of hydrogen-bond donors (Lipinski definition) is 0. The summed E-state index contributed by atoms with van der Waals surface area (Å²) >= 11 is 7.32. The van der Waals surface area contributed by atoms with Gasteiger partial charge in [0.1, 0.15) is 0 Å². The first-order chi connectivity index (χ1) is 5.95. The molecule has 0 nitrogen and oxygen atoms in total. The summed E-state index contributed by atoms with van der Waals surface area (Å²) in [6.45, 7) is 9.22. The molecule has 0 unspecified atom stereocenters. The van der Waals surface area contributed by atoms with Gasteiger partial charge in [0.15, 0.2) is 0 Å². The molecule has 0 amide bonds. The predicted octanol–water partition coefficient (Wildman–Crippen LogP) is 4.85. The van der Waals surface area contributed by atoms with Gasteiger partial charge < -0.3 is 0 Å². The fourth-order valence-corrected chi connectivity index (χ4v) is 3.91. The van der Waals surface area contributed by atoms with Crippen LogP contribution >= 0.6 is 31.9 Å². The second-order valence-corrected chi connectivity index (χ2v) is 6.08. The van der Waals surface area contributed by atoms with Crippen molar-refractivity contribution in [3.8, 4) is 0 Å². The highest BCUT2D eigenvalue weighted by molar-refractivity contribution is 9.09. The molecule has 0 rings (SSSR count). The maximum Gasteiger partial charge on any atom is 0.00961 e. The van der Waals surface area contributed by atoms with Crippen LogP contribution in [0.1, 0.15) is 40.5 Å². The molecule has 0 atom stereocenters. The zero-order chi connectivity index (χ0) is 10.5. The van der Waals surface area contributed by atoms with Gasteiger partial charge in [0.2, 0.25) is 0 Å². The van der Waals surface area contributed by atoms with E-state index in [1.54, 1.807) is 0 Å². The molecule has 0 heterocycles. The van der Waals surface area contributed by atoms with Crippen LogP contribution in [0.15, 0.2) is 0 Å². The molecule has 0 saturated heterocycles. The van der Waals surface area contributed by atoms with Crippen molar-refractivity contribution < 1.29 is 0 Å². The third-order valence-corrected chi connectivity index (χ3v) is 4.63. The topological polar surface area (TPSA) is 0 Å².